The first-order valence-corrected chi connectivity index (χ1v) is 10.1. The molecular formula is C18H17N3O3S2. The summed E-state index contributed by atoms with van der Waals surface area (Å²) in [5.74, 6) is -0.302. The quantitative estimate of drug-likeness (QED) is 0.697. The minimum Gasteiger partial charge on any atom is -0.298 e. The number of aryl methyl sites for hydroxylation is 2. The molecule has 0 spiro atoms. The van der Waals surface area contributed by atoms with E-state index in [9.17, 15) is 13.2 Å². The second-order valence-electron chi connectivity index (χ2n) is 5.72. The molecule has 1 aromatic heterocycles. The summed E-state index contributed by atoms with van der Waals surface area (Å²) < 4.78 is 27.5. The Bertz CT molecular complexity index is 1030. The molecule has 2 N–H and O–H groups in total. The Hall–Kier alpha value is -2.71. The Kier molecular flexibility index (Phi) is 5.06. The van der Waals surface area contributed by atoms with Crippen LogP contribution in [0.3, 0.4) is 0 Å². The lowest BCUT2D eigenvalue weighted by molar-refractivity contribution is 0.102. The lowest BCUT2D eigenvalue weighted by Crippen LogP contribution is -2.14. The maximum absolute atomic E-state index is 12.5. The van der Waals surface area contributed by atoms with E-state index < -0.39 is 10.0 Å². The Morgan fingerprint density at radius 3 is 2.38 bits per heavy atom. The summed E-state index contributed by atoms with van der Waals surface area (Å²) in [4.78, 5) is 16.3. The van der Waals surface area contributed by atoms with Crippen LogP contribution in [0, 0.1) is 13.8 Å². The third kappa shape index (κ3) is 4.09. The number of carbonyl (C=O) groups is 1. The Morgan fingerprint density at radius 1 is 1.04 bits per heavy atom. The van der Waals surface area contributed by atoms with Gasteiger partial charge in [-0.2, -0.15) is 0 Å². The van der Waals surface area contributed by atoms with Gasteiger partial charge in [0.25, 0.3) is 15.9 Å². The number of hydrogen-bond acceptors (Lipinski definition) is 5. The van der Waals surface area contributed by atoms with Crippen LogP contribution < -0.4 is 10.0 Å². The number of amides is 1. The second kappa shape index (κ2) is 7.27. The molecule has 3 rings (SSSR count). The van der Waals surface area contributed by atoms with Crippen LogP contribution in [0.4, 0.5) is 10.8 Å². The molecule has 8 heteroatoms. The van der Waals surface area contributed by atoms with Gasteiger partial charge in [0.05, 0.1) is 4.90 Å². The molecule has 134 valence electrons. The Balaban J connectivity index is 1.74. The van der Waals surface area contributed by atoms with E-state index in [-0.39, 0.29) is 10.8 Å². The maximum Gasteiger partial charge on any atom is 0.261 e. The molecule has 0 fully saturated rings. The van der Waals surface area contributed by atoms with Crippen molar-refractivity contribution in [3.8, 4) is 0 Å². The van der Waals surface area contributed by atoms with Gasteiger partial charge in [0.1, 0.15) is 0 Å². The van der Waals surface area contributed by atoms with Gasteiger partial charge < -0.3 is 0 Å². The van der Waals surface area contributed by atoms with Crippen molar-refractivity contribution >= 4 is 38.1 Å². The van der Waals surface area contributed by atoms with E-state index in [1.165, 1.54) is 11.3 Å². The summed E-state index contributed by atoms with van der Waals surface area (Å²) in [5, 5.41) is 4.95. The number of anilines is 2. The number of aromatic nitrogens is 1. The standard InChI is InChI=1S/C18H17N3O3S2/c1-12-3-8-16(11-13(12)2)26(23,24)21-15-6-4-14(5-7-15)17(22)20-18-19-9-10-25-18/h3-11,21H,1-2H3,(H,19,20,22). The number of benzene rings is 2. The maximum atomic E-state index is 12.5. The number of hydrogen-bond donors (Lipinski definition) is 2. The van der Waals surface area contributed by atoms with Crippen LogP contribution in [0.5, 0.6) is 0 Å². The van der Waals surface area contributed by atoms with Crippen LogP contribution in [0.1, 0.15) is 21.5 Å². The zero-order valence-electron chi connectivity index (χ0n) is 14.2. The highest BCUT2D eigenvalue weighted by molar-refractivity contribution is 7.92. The second-order valence-corrected chi connectivity index (χ2v) is 8.30. The summed E-state index contributed by atoms with van der Waals surface area (Å²) in [5.41, 5.74) is 2.73. The van der Waals surface area contributed by atoms with Crippen molar-refractivity contribution in [1.82, 2.24) is 4.98 Å². The van der Waals surface area contributed by atoms with Gasteiger partial charge >= 0.3 is 0 Å². The van der Waals surface area contributed by atoms with E-state index in [1.54, 1.807) is 54.0 Å². The first-order valence-electron chi connectivity index (χ1n) is 7.76. The van der Waals surface area contributed by atoms with E-state index in [4.69, 9.17) is 0 Å². The number of nitrogens with one attached hydrogen (secondary N) is 2. The molecule has 0 bridgehead atoms. The zero-order valence-corrected chi connectivity index (χ0v) is 15.8. The number of sulfonamides is 1. The van der Waals surface area contributed by atoms with Crippen LogP contribution in [-0.4, -0.2) is 19.3 Å². The fourth-order valence-corrected chi connectivity index (χ4v) is 3.91. The van der Waals surface area contributed by atoms with Crippen LogP contribution >= 0.6 is 11.3 Å². The van der Waals surface area contributed by atoms with E-state index in [1.807, 2.05) is 13.8 Å². The molecule has 0 saturated carbocycles. The zero-order chi connectivity index (χ0) is 18.7. The SMILES string of the molecule is Cc1ccc(S(=O)(=O)Nc2ccc(C(=O)Nc3nccs3)cc2)cc1C. The van der Waals surface area contributed by atoms with Crippen LogP contribution in [0.15, 0.2) is 58.9 Å². The van der Waals surface area contributed by atoms with Crippen molar-refractivity contribution in [3.63, 3.8) is 0 Å². The van der Waals surface area contributed by atoms with Crippen LogP contribution in [0.25, 0.3) is 0 Å². The van der Waals surface area contributed by atoms with Gasteiger partial charge in [-0.1, -0.05) is 6.07 Å². The first-order chi connectivity index (χ1) is 12.3. The fourth-order valence-electron chi connectivity index (χ4n) is 2.24. The van der Waals surface area contributed by atoms with Crippen molar-refractivity contribution in [2.24, 2.45) is 0 Å². The molecule has 1 heterocycles. The summed E-state index contributed by atoms with van der Waals surface area (Å²) >= 11 is 1.32. The fraction of sp³-hybridized carbons (Fsp3) is 0.111. The third-order valence-corrected chi connectivity index (χ3v) is 5.91. The summed E-state index contributed by atoms with van der Waals surface area (Å²) in [7, 11) is -3.69. The molecule has 0 atom stereocenters. The van der Waals surface area contributed by atoms with Gasteiger partial charge in [-0.05, 0) is 61.4 Å². The average Bonchev–Trinajstić information content (AvgIpc) is 3.10. The third-order valence-electron chi connectivity index (χ3n) is 3.84. The molecule has 3 aromatic rings. The van der Waals surface area contributed by atoms with Gasteiger partial charge in [-0.25, -0.2) is 13.4 Å². The molecule has 0 saturated heterocycles. The average molecular weight is 387 g/mol. The lowest BCUT2D eigenvalue weighted by Gasteiger charge is -2.10. The van der Waals surface area contributed by atoms with E-state index in [0.29, 0.717) is 16.4 Å². The van der Waals surface area contributed by atoms with Crippen molar-refractivity contribution in [2.45, 2.75) is 18.7 Å². The largest absolute Gasteiger partial charge is 0.298 e. The number of carbonyl (C=O) groups excluding carboxylic acids is 1. The highest BCUT2D eigenvalue weighted by Gasteiger charge is 2.15. The molecule has 1 amide bonds. The van der Waals surface area contributed by atoms with E-state index in [2.05, 4.69) is 15.0 Å². The molecule has 0 aliphatic carbocycles. The molecular weight excluding hydrogens is 370 g/mol. The van der Waals surface area contributed by atoms with Crippen molar-refractivity contribution in [1.29, 1.82) is 0 Å². The van der Waals surface area contributed by atoms with Gasteiger partial charge in [0, 0.05) is 22.8 Å². The molecule has 26 heavy (non-hydrogen) atoms. The van der Waals surface area contributed by atoms with E-state index >= 15 is 0 Å². The smallest absolute Gasteiger partial charge is 0.261 e. The molecule has 2 aromatic carbocycles. The molecule has 0 aliphatic heterocycles. The topological polar surface area (TPSA) is 88.2 Å². The van der Waals surface area contributed by atoms with Crippen LogP contribution in [-0.2, 0) is 10.0 Å². The minimum absolute atomic E-state index is 0.200. The summed E-state index contributed by atoms with van der Waals surface area (Å²) in [6, 6.07) is 11.2. The highest BCUT2D eigenvalue weighted by atomic mass is 32.2. The summed E-state index contributed by atoms with van der Waals surface area (Å²) in [6.45, 7) is 3.79. The molecule has 6 nitrogen and oxygen atoms in total. The highest BCUT2D eigenvalue weighted by Crippen LogP contribution is 2.20. The van der Waals surface area contributed by atoms with Crippen molar-refractivity contribution in [2.75, 3.05) is 10.0 Å². The van der Waals surface area contributed by atoms with E-state index in [0.717, 1.165) is 11.1 Å². The van der Waals surface area contributed by atoms with Crippen molar-refractivity contribution < 1.29 is 13.2 Å². The molecule has 0 unspecified atom stereocenters. The summed E-state index contributed by atoms with van der Waals surface area (Å²) in [6.07, 6.45) is 1.60. The monoisotopic (exact) mass is 387 g/mol. The van der Waals surface area contributed by atoms with Gasteiger partial charge in [-0.15, -0.1) is 11.3 Å². The molecule has 0 radical (unpaired) electrons. The van der Waals surface area contributed by atoms with Gasteiger partial charge in [-0.3, -0.25) is 14.8 Å². The lowest BCUT2D eigenvalue weighted by atomic mass is 10.1. The Morgan fingerprint density at radius 2 is 1.77 bits per heavy atom. The normalized spacial score (nSPS) is 11.2. The van der Waals surface area contributed by atoms with Gasteiger partial charge in [0.15, 0.2) is 5.13 Å². The number of rotatable bonds is 5. The minimum atomic E-state index is -3.69. The van der Waals surface area contributed by atoms with Gasteiger partial charge in [0.2, 0.25) is 0 Å². The molecule has 0 aliphatic rings. The number of thiazole rings is 1. The first kappa shape index (κ1) is 18.1. The van der Waals surface area contributed by atoms with Crippen molar-refractivity contribution in [3.05, 3.63) is 70.7 Å². The van der Waals surface area contributed by atoms with Crippen LogP contribution in [0.2, 0.25) is 0 Å². The Labute approximate surface area is 156 Å². The number of nitrogens with zero attached hydrogens (tertiary/aromatic N) is 1. The predicted molar refractivity (Wildman–Crippen MR) is 103 cm³/mol. The predicted octanol–water partition coefficient (Wildman–Crippen LogP) is 3.81.